The van der Waals surface area contributed by atoms with Crippen LogP contribution in [0.15, 0.2) is 22.9 Å². The van der Waals surface area contributed by atoms with Gasteiger partial charge in [0, 0.05) is 24.7 Å². The minimum Gasteiger partial charge on any atom is -0.444 e. The molecule has 0 bridgehead atoms. The van der Waals surface area contributed by atoms with Crippen LogP contribution in [0.25, 0.3) is 0 Å². The van der Waals surface area contributed by atoms with E-state index < -0.39 is 17.1 Å². The van der Waals surface area contributed by atoms with Gasteiger partial charge >= 0.3 is 6.09 Å². The number of hydrogen-bond acceptors (Lipinski definition) is 4. The molecule has 1 aromatic heterocycles. The normalized spacial score (nSPS) is 14.5. The molecule has 0 saturated carbocycles. The van der Waals surface area contributed by atoms with Gasteiger partial charge in [-0.05, 0) is 48.3 Å². The van der Waals surface area contributed by atoms with Crippen LogP contribution < -0.4 is 11.1 Å². The molecule has 112 valence electrons. The van der Waals surface area contributed by atoms with E-state index in [1.165, 1.54) is 0 Å². The third kappa shape index (κ3) is 4.76. The third-order valence-corrected chi connectivity index (χ3v) is 3.51. The first-order chi connectivity index (χ1) is 9.18. The average molecular weight is 344 g/mol. The van der Waals surface area contributed by atoms with Crippen molar-refractivity contribution >= 4 is 22.0 Å². The fraction of sp³-hybridized carbons (Fsp3) is 0.571. The van der Waals surface area contributed by atoms with E-state index in [0.29, 0.717) is 13.1 Å². The van der Waals surface area contributed by atoms with E-state index >= 15 is 0 Å². The summed E-state index contributed by atoms with van der Waals surface area (Å²) in [5, 5.41) is 2.77. The lowest BCUT2D eigenvalue weighted by atomic mass is 9.83. The van der Waals surface area contributed by atoms with Crippen LogP contribution in [0.2, 0.25) is 0 Å². The predicted octanol–water partition coefficient (Wildman–Crippen LogP) is 2.59. The molecule has 1 rings (SSSR count). The number of carbonyl (C=O) groups excluding carboxylic acids is 1. The Morgan fingerprint density at radius 1 is 1.45 bits per heavy atom. The molecule has 0 radical (unpaired) electrons. The molecule has 1 unspecified atom stereocenters. The number of pyridine rings is 1. The minimum absolute atomic E-state index is 0.378. The van der Waals surface area contributed by atoms with Gasteiger partial charge in [-0.1, -0.05) is 13.0 Å². The first kappa shape index (κ1) is 16.9. The average Bonchev–Trinajstić information content (AvgIpc) is 2.34. The predicted molar refractivity (Wildman–Crippen MR) is 82.6 cm³/mol. The number of carbonyl (C=O) groups is 1. The number of rotatable bonds is 4. The maximum absolute atomic E-state index is 11.7. The lowest BCUT2D eigenvalue weighted by Crippen LogP contribution is -2.45. The molecule has 3 N–H and O–H groups in total. The Hall–Kier alpha value is -1.14. The summed E-state index contributed by atoms with van der Waals surface area (Å²) in [6.45, 7) is 8.22. The van der Waals surface area contributed by atoms with Crippen LogP contribution in [0.4, 0.5) is 4.79 Å². The van der Waals surface area contributed by atoms with Crippen molar-refractivity contribution in [2.45, 2.75) is 38.7 Å². The quantitative estimate of drug-likeness (QED) is 0.823. The lowest BCUT2D eigenvalue weighted by Gasteiger charge is -2.30. The third-order valence-electron chi connectivity index (χ3n) is 2.88. The van der Waals surface area contributed by atoms with Crippen molar-refractivity contribution in [1.82, 2.24) is 10.3 Å². The molecule has 20 heavy (non-hydrogen) atoms. The van der Waals surface area contributed by atoms with Crippen molar-refractivity contribution in [3.63, 3.8) is 0 Å². The number of alkyl carbamates (subject to hydrolysis) is 1. The molecule has 0 aromatic carbocycles. The zero-order valence-corrected chi connectivity index (χ0v) is 14.0. The molecule has 6 heteroatoms. The number of nitrogens with two attached hydrogens (primary N) is 1. The lowest BCUT2D eigenvalue weighted by molar-refractivity contribution is 0.0516. The van der Waals surface area contributed by atoms with Crippen LogP contribution in [0.1, 0.15) is 33.3 Å². The number of halogens is 1. The summed E-state index contributed by atoms with van der Waals surface area (Å²) in [5.74, 6) is 0. The molecule has 1 aromatic rings. The highest BCUT2D eigenvalue weighted by atomic mass is 79.9. The topological polar surface area (TPSA) is 77.2 Å². The smallest absolute Gasteiger partial charge is 0.407 e. The largest absolute Gasteiger partial charge is 0.444 e. The van der Waals surface area contributed by atoms with Crippen LogP contribution in [-0.4, -0.2) is 29.8 Å². The molecule has 0 aliphatic rings. The summed E-state index contributed by atoms with van der Waals surface area (Å²) < 4.78 is 5.96. The van der Waals surface area contributed by atoms with E-state index in [1.807, 2.05) is 39.8 Å². The Bertz CT molecular complexity index is 474. The molecular formula is C14H22BrN3O2. The molecular weight excluding hydrogens is 322 g/mol. The maximum Gasteiger partial charge on any atom is 0.407 e. The Morgan fingerprint density at radius 2 is 2.10 bits per heavy atom. The van der Waals surface area contributed by atoms with Gasteiger partial charge in [0.1, 0.15) is 10.2 Å². The Labute approximate surface area is 128 Å². The van der Waals surface area contributed by atoms with Crippen molar-refractivity contribution in [3.8, 4) is 0 Å². The van der Waals surface area contributed by atoms with Gasteiger partial charge in [-0.25, -0.2) is 9.78 Å². The summed E-state index contributed by atoms with van der Waals surface area (Å²) in [6.07, 6.45) is 1.25. The molecule has 0 saturated heterocycles. The molecule has 0 aliphatic carbocycles. The van der Waals surface area contributed by atoms with E-state index in [9.17, 15) is 4.79 Å². The van der Waals surface area contributed by atoms with Gasteiger partial charge in [0.05, 0.1) is 0 Å². The van der Waals surface area contributed by atoms with Gasteiger partial charge in [0.15, 0.2) is 0 Å². The maximum atomic E-state index is 11.7. The van der Waals surface area contributed by atoms with Crippen molar-refractivity contribution in [2.24, 2.45) is 5.73 Å². The highest BCUT2D eigenvalue weighted by molar-refractivity contribution is 9.10. The van der Waals surface area contributed by atoms with Gasteiger partial charge in [0.25, 0.3) is 0 Å². The van der Waals surface area contributed by atoms with Crippen molar-refractivity contribution < 1.29 is 9.53 Å². The molecule has 5 nitrogen and oxygen atoms in total. The summed E-state index contributed by atoms with van der Waals surface area (Å²) in [7, 11) is 0. The van der Waals surface area contributed by atoms with Crippen LogP contribution in [0, 0.1) is 0 Å². The summed E-state index contributed by atoms with van der Waals surface area (Å²) in [6, 6.07) is 3.79. The molecule has 0 aliphatic heterocycles. The van der Waals surface area contributed by atoms with Crippen LogP contribution in [0.5, 0.6) is 0 Å². The zero-order chi connectivity index (χ0) is 15.4. The summed E-state index contributed by atoms with van der Waals surface area (Å²) in [5.41, 5.74) is 5.91. The van der Waals surface area contributed by atoms with E-state index in [0.717, 1.165) is 10.2 Å². The second-order valence-corrected chi connectivity index (χ2v) is 6.71. The fourth-order valence-electron chi connectivity index (χ4n) is 1.70. The van der Waals surface area contributed by atoms with E-state index in [2.05, 4.69) is 26.2 Å². The van der Waals surface area contributed by atoms with Gasteiger partial charge < -0.3 is 15.8 Å². The Morgan fingerprint density at radius 3 is 2.60 bits per heavy atom. The highest BCUT2D eigenvalue weighted by Gasteiger charge is 2.29. The summed E-state index contributed by atoms with van der Waals surface area (Å²) in [4.78, 5) is 15.9. The number of aromatic nitrogens is 1. The zero-order valence-electron chi connectivity index (χ0n) is 12.4. The van der Waals surface area contributed by atoms with Gasteiger partial charge in [0.2, 0.25) is 0 Å². The number of nitrogens with one attached hydrogen (secondary N) is 1. The van der Waals surface area contributed by atoms with Crippen molar-refractivity contribution in [2.75, 3.05) is 13.1 Å². The number of nitrogens with zero attached hydrogens (tertiary/aromatic N) is 1. The van der Waals surface area contributed by atoms with E-state index in [-0.39, 0.29) is 0 Å². The number of hydrogen-bond donors (Lipinski definition) is 2. The summed E-state index contributed by atoms with van der Waals surface area (Å²) >= 11 is 3.42. The molecule has 0 fully saturated rings. The minimum atomic E-state index is -0.516. The second-order valence-electron chi connectivity index (χ2n) is 5.96. The number of ether oxygens (including phenoxy) is 1. The van der Waals surface area contributed by atoms with E-state index in [1.54, 1.807) is 6.20 Å². The second kappa shape index (κ2) is 6.54. The van der Waals surface area contributed by atoms with Gasteiger partial charge in [-0.3, -0.25) is 0 Å². The van der Waals surface area contributed by atoms with E-state index in [4.69, 9.17) is 10.5 Å². The fourth-order valence-corrected chi connectivity index (χ4v) is 2.42. The van der Waals surface area contributed by atoms with Crippen LogP contribution >= 0.6 is 15.9 Å². The first-order valence-corrected chi connectivity index (χ1v) is 7.25. The van der Waals surface area contributed by atoms with Crippen LogP contribution in [-0.2, 0) is 10.2 Å². The van der Waals surface area contributed by atoms with Gasteiger partial charge in [-0.2, -0.15) is 0 Å². The van der Waals surface area contributed by atoms with Gasteiger partial charge in [-0.15, -0.1) is 0 Å². The van der Waals surface area contributed by atoms with Crippen LogP contribution in [0.3, 0.4) is 0 Å². The molecule has 1 amide bonds. The molecule has 1 heterocycles. The van der Waals surface area contributed by atoms with Crippen molar-refractivity contribution in [3.05, 3.63) is 28.5 Å². The van der Waals surface area contributed by atoms with Crippen molar-refractivity contribution in [1.29, 1.82) is 0 Å². The monoisotopic (exact) mass is 343 g/mol. The Kier molecular flexibility index (Phi) is 5.53. The standard InChI is InChI=1S/C14H22BrN3O2/c1-13(2,3)20-12(19)18-9-14(4,8-16)10-6-5-7-17-11(10)15/h5-7H,8-9,16H2,1-4H3,(H,18,19). The molecule has 1 atom stereocenters. The molecule has 0 spiro atoms. The first-order valence-electron chi connectivity index (χ1n) is 6.46. The Balaban J connectivity index is 2.77. The number of amides is 1. The SMILES string of the molecule is CC(C)(C)OC(=O)NCC(C)(CN)c1cccnc1Br. The highest BCUT2D eigenvalue weighted by Crippen LogP contribution is 2.27.